The summed E-state index contributed by atoms with van der Waals surface area (Å²) in [6.45, 7) is 4.92. The van der Waals surface area contributed by atoms with Gasteiger partial charge in [0.15, 0.2) is 0 Å². The van der Waals surface area contributed by atoms with Crippen molar-refractivity contribution in [3.05, 3.63) is 80.5 Å². The monoisotopic (exact) mass is 348 g/mol. The number of para-hydroxylation sites is 1. The smallest absolute Gasteiger partial charge is 0.276 e. The molecule has 2 heterocycles. The summed E-state index contributed by atoms with van der Waals surface area (Å²) >= 11 is 0. The molecule has 0 aliphatic heterocycles. The Hall–Kier alpha value is -3.15. The number of nitrogens with zero attached hydrogens (tertiary/aromatic N) is 4. The van der Waals surface area contributed by atoms with Crippen LogP contribution in [0.4, 0.5) is 0 Å². The van der Waals surface area contributed by atoms with Gasteiger partial charge in [0.05, 0.1) is 17.4 Å². The van der Waals surface area contributed by atoms with Gasteiger partial charge >= 0.3 is 5.69 Å². The number of fused-ring (bicyclic) bond motifs is 3. The van der Waals surface area contributed by atoms with Crippen molar-refractivity contribution in [2.75, 3.05) is 0 Å². The van der Waals surface area contributed by atoms with E-state index in [-0.39, 0.29) is 11.2 Å². The molecule has 26 heavy (non-hydrogen) atoms. The van der Waals surface area contributed by atoms with Crippen LogP contribution < -0.4 is 11.2 Å². The molecule has 0 aliphatic carbocycles. The van der Waals surface area contributed by atoms with E-state index in [1.807, 2.05) is 50.2 Å². The molecule has 0 amide bonds. The standard InChI is InChI=1S/C20H20N4O2/c1-3-12-22-18(25)16-6-4-5-7-17(16)24-19(22)21-23(20(24)26)13-15-10-8-14(2)9-11-15/h4-11H,3,12-13H2,1-2H3. The van der Waals surface area contributed by atoms with Crippen LogP contribution in [0.3, 0.4) is 0 Å². The van der Waals surface area contributed by atoms with Crippen molar-refractivity contribution in [3.63, 3.8) is 0 Å². The van der Waals surface area contributed by atoms with E-state index in [9.17, 15) is 9.59 Å². The Bertz CT molecular complexity index is 1210. The second kappa shape index (κ2) is 6.29. The molecule has 6 heteroatoms. The van der Waals surface area contributed by atoms with Gasteiger partial charge in [0.1, 0.15) is 0 Å². The zero-order valence-corrected chi connectivity index (χ0v) is 14.8. The summed E-state index contributed by atoms with van der Waals surface area (Å²) in [6, 6.07) is 15.2. The lowest BCUT2D eigenvalue weighted by atomic mass is 10.1. The topological polar surface area (TPSA) is 61.3 Å². The third-order valence-corrected chi connectivity index (χ3v) is 4.58. The fourth-order valence-corrected chi connectivity index (χ4v) is 3.26. The lowest BCUT2D eigenvalue weighted by Gasteiger charge is -2.07. The maximum Gasteiger partial charge on any atom is 0.352 e. The number of aryl methyl sites for hydroxylation is 2. The Morgan fingerprint density at radius 1 is 1.00 bits per heavy atom. The summed E-state index contributed by atoms with van der Waals surface area (Å²) < 4.78 is 4.56. The van der Waals surface area contributed by atoms with E-state index in [2.05, 4.69) is 5.10 Å². The lowest BCUT2D eigenvalue weighted by Crippen LogP contribution is -2.26. The van der Waals surface area contributed by atoms with Gasteiger partial charge in [-0.3, -0.25) is 9.36 Å². The second-order valence-corrected chi connectivity index (χ2v) is 6.54. The summed E-state index contributed by atoms with van der Waals surface area (Å²) in [5.74, 6) is 0.396. The van der Waals surface area contributed by atoms with Crippen molar-refractivity contribution in [3.8, 4) is 0 Å². The highest BCUT2D eigenvalue weighted by Crippen LogP contribution is 2.12. The van der Waals surface area contributed by atoms with Crippen LogP contribution in [0.25, 0.3) is 16.7 Å². The highest BCUT2D eigenvalue weighted by Gasteiger charge is 2.16. The van der Waals surface area contributed by atoms with Crippen molar-refractivity contribution >= 4 is 16.7 Å². The first-order valence-corrected chi connectivity index (χ1v) is 8.77. The molecule has 0 N–H and O–H groups in total. The molecule has 0 atom stereocenters. The van der Waals surface area contributed by atoms with E-state index in [4.69, 9.17) is 0 Å². The summed E-state index contributed by atoms with van der Waals surface area (Å²) in [5.41, 5.74) is 2.41. The molecule has 0 fully saturated rings. The van der Waals surface area contributed by atoms with Crippen molar-refractivity contribution in [2.45, 2.75) is 33.4 Å². The number of rotatable bonds is 4. The summed E-state index contributed by atoms with van der Waals surface area (Å²) in [7, 11) is 0. The first kappa shape index (κ1) is 16.3. The Balaban J connectivity index is 2.00. The van der Waals surface area contributed by atoms with Crippen LogP contribution in [0.2, 0.25) is 0 Å². The Morgan fingerprint density at radius 3 is 2.46 bits per heavy atom. The van der Waals surface area contributed by atoms with Gasteiger partial charge in [0.25, 0.3) is 5.56 Å². The minimum atomic E-state index is -0.235. The molecule has 0 unspecified atom stereocenters. The fourth-order valence-electron chi connectivity index (χ4n) is 3.26. The molecule has 0 saturated heterocycles. The number of hydrogen-bond donors (Lipinski definition) is 0. The minimum absolute atomic E-state index is 0.109. The molecule has 6 nitrogen and oxygen atoms in total. The van der Waals surface area contributed by atoms with Crippen LogP contribution in [-0.4, -0.2) is 18.7 Å². The molecule has 4 aromatic rings. The van der Waals surface area contributed by atoms with Gasteiger partial charge in [-0.1, -0.05) is 48.9 Å². The number of aromatic nitrogens is 4. The molecular weight excluding hydrogens is 328 g/mol. The van der Waals surface area contributed by atoms with Gasteiger partial charge < -0.3 is 0 Å². The average Bonchev–Trinajstić information content (AvgIpc) is 2.97. The summed E-state index contributed by atoms with van der Waals surface area (Å²) in [4.78, 5) is 25.9. The molecule has 132 valence electrons. The zero-order valence-electron chi connectivity index (χ0n) is 14.8. The highest BCUT2D eigenvalue weighted by atomic mass is 16.2. The van der Waals surface area contributed by atoms with Crippen molar-refractivity contribution in [2.24, 2.45) is 0 Å². The summed E-state index contributed by atoms with van der Waals surface area (Å²) in [5, 5.41) is 5.02. The van der Waals surface area contributed by atoms with E-state index in [0.717, 1.165) is 12.0 Å². The predicted octanol–water partition coefficient (Wildman–Crippen LogP) is 2.58. The van der Waals surface area contributed by atoms with Crippen LogP contribution in [0.5, 0.6) is 0 Å². The molecule has 2 aromatic heterocycles. The average molecular weight is 348 g/mol. The van der Waals surface area contributed by atoms with Gasteiger partial charge in [0.2, 0.25) is 5.78 Å². The maximum atomic E-state index is 13.0. The number of hydrogen-bond acceptors (Lipinski definition) is 3. The van der Waals surface area contributed by atoms with Crippen molar-refractivity contribution in [1.29, 1.82) is 0 Å². The Kier molecular flexibility index (Phi) is 3.95. The molecule has 2 aromatic carbocycles. The van der Waals surface area contributed by atoms with Gasteiger partial charge in [-0.2, -0.15) is 0 Å². The van der Waals surface area contributed by atoms with Crippen LogP contribution in [-0.2, 0) is 13.1 Å². The van der Waals surface area contributed by atoms with Crippen LogP contribution in [0.15, 0.2) is 58.1 Å². The summed E-state index contributed by atoms with van der Waals surface area (Å²) in [6.07, 6.45) is 0.785. The molecular formula is C20H20N4O2. The molecule has 0 spiro atoms. The van der Waals surface area contributed by atoms with Crippen LogP contribution >= 0.6 is 0 Å². The predicted molar refractivity (Wildman–Crippen MR) is 102 cm³/mol. The Labute approximate surface area is 149 Å². The minimum Gasteiger partial charge on any atom is -0.276 e. The van der Waals surface area contributed by atoms with E-state index in [1.165, 1.54) is 10.2 Å². The van der Waals surface area contributed by atoms with Gasteiger partial charge in [0, 0.05) is 6.54 Å². The molecule has 0 aliphatic rings. The van der Waals surface area contributed by atoms with E-state index in [1.54, 1.807) is 21.1 Å². The quantitative estimate of drug-likeness (QED) is 0.569. The molecule has 0 saturated carbocycles. The number of benzene rings is 2. The maximum absolute atomic E-state index is 13.0. The molecule has 4 rings (SSSR count). The van der Waals surface area contributed by atoms with E-state index < -0.39 is 0 Å². The molecule has 0 bridgehead atoms. The third kappa shape index (κ3) is 2.54. The van der Waals surface area contributed by atoms with E-state index >= 15 is 0 Å². The first-order chi connectivity index (χ1) is 12.6. The van der Waals surface area contributed by atoms with Gasteiger partial charge in [-0.25, -0.2) is 13.9 Å². The highest BCUT2D eigenvalue weighted by molar-refractivity contribution is 5.79. The van der Waals surface area contributed by atoms with Crippen LogP contribution in [0.1, 0.15) is 24.5 Å². The second-order valence-electron chi connectivity index (χ2n) is 6.54. The largest absolute Gasteiger partial charge is 0.352 e. The van der Waals surface area contributed by atoms with Gasteiger partial charge in [-0.15, -0.1) is 5.10 Å². The normalized spacial score (nSPS) is 11.5. The fraction of sp³-hybridized carbons (Fsp3) is 0.250. The third-order valence-electron chi connectivity index (χ3n) is 4.58. The van der Waals surface area contributed by atoms with E-state index in [0.29, 0.717) is 29.8 Å². The van der Waals surface area contributed by atoms with Gasteiger partial charge in [-0.05, 0) is 31.0 Å². The Morgan fingerprint density at radius 2 is 1.73 bits per heavy atom. The van der Waals surface area contributed by atoms with Crippen LogP contribution in [0, 0.1) is 6.92 Å². The van der Waals surface area contributed by atoms with Crippen molar-refractivity contribution in [1.82, 2.24) is 18.7 Å². The lowest BCUT2D eigenvalue weighted by molar-refractivity contribution is 0.639. The van der Waals surface area contributed by atoms with Crippen molar-refractivity contribution < 1.29 is 0 Å². The molecule has 0 radical (unpaired) electrons. The first-order valence-electron chi connectivity index (χ1n) is 8.77. The zero-order chi connectivity index (χ0) is 18.3. The SMILES string of the molecule is CCCn1c(=O)c2ccccc2n2c(=O)n(Cc3ccc(C)cc3)nc12.